The predicted octanol–water partition coefficient (Wildman–Crippen LogP) is 2.25. The lowest BCUT2D eigenvalue weighted by Crippen LogP contribution is -2.50. The number of amides is 1. The number of fused-ring (bicyclic) bond motifs is 1. The highest BCUT2D eigenvalue weighted by atomic mass is 35.5. The third kappa shape index (κ3) is 3.84. The highest BCUT2D eigenvalue weighted by Crippen LogP contribution is 2.29. The summed E-state index contributed by atoms with van der Waals surface area (Å²) in [6.07, 6.45) is 4.62. The molecule has 0 bridgehead atoms. The highest BCUT2D eigenvalue weighted by molar-refractivity contribution is 6.31. The van der Waals surface area contributed by atoms with Crippen molar-refractivity contribution in [3.63, 3.8) is 0 Å². The van der Waals surface area contributed by atoms with Crippen LogP contribution in [0.2, 0.25) is 5.02 Å². The second-order valence-corrected chi connectivity index (χ2v) is 8.23. The van der Waals surface area contributed by atoms with E-state index < -0.39 is 0 Å². The van der Waals surface area contributed by atoms with Gasteiger partial charge in [0, 0.05) is 43.6 Å². The number of hydrogen-bond donors (Lipinski definition) is 2. The summed E-state index contributed by atoms with van der Waals surface area (Å²) in [5.74, 6) is 0.298. The molecule has 1 aliphatic rings. The van der Waals surface area contributed by atoms with Gasteiger partial charge < -0.3 is 20.5 Å². The van der Waals surface area contributed by atoms with E-state index in [-0.39, 0.29) is 24.1 Å². The van der Waals surface area contributed by atoms with Crippen LogP contribution >= 0.6 is 11.6 Å². The molecule has 12 heteroatoms. The Morgan fingerprint density at radius 1 is 1.21 bits per heavy atom. The van der Waals surface area contributed by atoms with Gasteiger partial charge in [0.05, 0.1) is 11.1 Å². The summed E-state index contributed by atoms with van der Waals surface area (Å²) in [5.41, 5.74) is 8.32. The number of H-pyrrole nitrogens is 1. The Morgan fingerprint density at radius 3 is 2.73 bits per heavy atom. The minimum atomic E-state index is -0.365. The lowest BCUT2D eigenvalue weighted by atomic mass is 10.1. The molecular formula is C21H21ClFN9O. The molecular weight excluding hydrogens is 449 g/mol. The molecule has 0 aliphatic carbocycles. The van der Waals surface area contributed by atoms with Crippen molar-refractivity contribution in [3.8, 4) is 11.5 Å². The first-order valence-electron chi connectivity index (χ1n) is 10.4. The van der Waals surface area contributed by atoms with Gasteiger partial charge in [0.2, 0.25) is 5.91 Å². The fourth-order valence-corrected chi connectivity index (χ4v) is 4.16. The first-order valence-corrected chi connectivity index (χ1v) is 10.7. The van der Waals surface area contributed by atoms with E-state index in [2.05, 4.69) is 25.0 Å². The molecule has 0 saturated carbocycles. The number of benzene rings is 1. The Kier molecular flexibility index (Phi) is 5.33. The van der Waals surface area contributed by atoms with E-state index >= 15 is 0 Å². The number of aromatic amines is 1. The number of carbonyl (C=O) groups excluding carboxylic acids is 1. The van der Waals surface area contributed by atoms with E-state index in [1.165, 1.54) is 17.1 Å². The second kappa shape index (κ2) is 8.32. The van der Waals surface area contributed by atoms with Crippen molar-refractivity contribution >= 4 is 40.0 Å². The molecule has 1 fully saturated rings. The van der Waals surface area contributed by atoms with Crippen LogP contribution in [-0.4, -0.2) is 66.7 Å². The monoisotopic (exact) mass is 469 g/mol. The second-order valence-electron chi connectivity index (χ2n) is 7.82. The summed E-state index contributed by atoms with van der Waals surface area (Å²) in [6.45, 7) is 3.77. The van der Waals surface area contributed by atoms with Crippen molar-refractivity contribution in [1.82, 2.24) is 34.6 Å². The van der Waals surface area contributed by atoms with Gasteiger partial charge in [-0.2, -0.15) is 5.10 Å². The molecule has 1 amide bonds. The number of rotatable bonds is 4. The van der Waals surface area contributed by atoms with Crippen LogP contribution in [-0.2, 0) is 11.3 Å². The number of aromatic nitrogens is 6. The summed E-state index contributed by atoms with van der Waals surface area (Å²) < 4.78 is 15.9. The van der Waals surface area contributed by atoms with Crippen LogP contribution in [0, 0.1) is 12.7 Å². The van der Waals surface area contributed by atoms with E-state index in [0.29, 0.717) is 59.4 Å². The van der Waals surface area contributed by atoms with Gasteiger partial charge in [0.25, 0.3) is 0 Å². The molecule has 10 nitrogen and oxygen atoms in total. The summed E-state index contributed by atoms with van der Waals surface area (Å²) in [4.78, 5) is 32.3. The number of nitrogens with one attached hydrogen (secondary N) is 1. The largest absolute Gasteiger partial charge is 0.383 e. The molecule has 170 valence electrons. The third-order valence-electron chi connectivity index (χ3n) is 5.77. The number of aryl methyl sites for hydroxylation is 1. The van der Waals surface area contributed by atoms with Gasteiger partial charge in [0.1, 0.15) is 30.2 Å². The first-order chi connectivity index (χ1) is 15.9. The van der Waals surface area contributed by atoms with Gasteiger partial charge in [0.15, 0.2) is 11.5 Å². The Morgan fingerprint density at radius 2 is 2.00 bits per heavy atom. The maximum absolute atomic E-state index is 14.4. The lowest BCUT2D eigenvalue weighted by molar-refractivity contribution is -0.132. The molecule has 1 aromatic carbocycles. The number of nitrogens with zero attached hydrogens (tertiary/aromatic N) is 7. The van der Waals surface area contributed by atoms with Gasteiger partial charge in [-0.1, -0.05) is 11.6 Å². The molecule has 5 rings (SSSR count). The lowest BCUT2D eigenvalue weighted by Gasteiger charge is -2.36. The number of nitrogens with two attached hydrogens (primary N) is 1. The van der Waals surface area contributed by atoms with Gasteiger partial charge in [-0.15, -0.1) is 0 Å². The van der Waals surface area contributed by atoms with Crippen molar-refractivity contribution in [2.75, 3.05) is 36.8 Å². The van der Waals surface area contributed by atoms with Crippen LogP contribution in [0.1, 0.15) is 5.56 Å². The molecule has 0 atom stereocenters. The topological polar surface area (TPSA) is 122 Å². The maximum Gasteiger partial charge on any atom is 0.244 e. The summed E-state index contributed by atoms with van der Waals surface area (Å²) in [7, 11) is 0. The molecule has 0 radical (unpaired) electrons. The molecule has 1 saturated heterocycles. The van der Waals surface area contributed by atoms with Gasteiger partial charge in [-0.25, -0.2) is 24.0 Å². The molecule has 0 unspecified atom stereocenters. The number of anilines is 2. The van der Waals surface area contributed by atoms with Crippen molar-refractivity contribution in [3.05, 3.63) is 47.3 Å². The van der Waals surface area contributed by atoms with Crippen molar-refractivity contribution in [2.45, 2.75) is 13.5 Å². The SMILES string of the molecule is Cc1cc(N2CCN(C(=O)Cn3nc(-c4ncc[nH]4)c4c(N)ncnc43)CC2)c(F)cc1Cl. The van der Waals surface area contributed by atoms with Crippen molar-refractivity contribution in [2.24, 2.45) is 0 Å². The average molecular weight is 470 g/mol. The standard InChI is InChI=1S/C21H21ClFN9O/c1-12-8-15(14(23)9-13(12)22)30-4-6-31(7-5-30)16(33)10-32-21-17(19(24)27-11-28-21)18(29-32)20-25-2-3-26-20/h2-3,8-9,11H,4-7,10H2,1H3,(H,25,26)(H2,24,27,28). The van der Waals surface area contributed by atoms with Crippen LogP contribution in [0.3, 0.4) is 0 Å². The van der Waals surface area contributed by atoms with E-state index in [4.69, 9.17) is 17.3 Å². The van der Waals surface area contributed by atoms with Crippen molar-refractivity contribution < 1.29 is 9.18 Å². The minimum absolute atomic E-state index is 0.0118. The van der Waals surface area contributed by atoms with Crippen LogP contribution in [0.4, 0.5) is 15.9 Å². The quantitative estimate of drug-likeness (QED) is 0.470. The van der Waals surface area contributed by atoms with E-state index in [1.807, 2.05) is 11.8 Å². The molecule has 1 aliphatic heterocycles. The minimum Gasteiger partial charge on any atom is -0.383 e. The van der Waals surface area contributed by atoms with Crippen LogP contribution in [0.15, 0.2) is 30.9 Å². The van der Waals surface area contributed by atoms with Crippen LogP contribution in [0.25, 0.3) is 22.6 Å². The zero-order chi connectivity index (χ0) is 23.1. The predicted molar refractivity (Wildman–Crippen MR) is 122 cm³/mol. The first kappa shape index (κ1) is 21.1. The molecule has 33 heavy (non-hydrogen) atoms. The number of piperazine rings is 1. The van der Waals surface area contributed by atoms with E-state index in [0.717, 1.165) is 5.56 Å². The molecule has 4 aromatic rings. The summed E-state index contributed by atoms with van der Waals surface area (Å²) in [5, 5.41) is 5.48. The highest BCUT2D eigenvalue weighted by Gasteiger charge is 2.26. The summed E-state index contributed by atoms with van der Waals surface area (Å²) in [6, 6.07) is 3.07. The smallest absolute Gasteiger partial charge is 0.244 e. The fourth-order valence-electron chi connectivity index (χ4n) is 4.01. The molecule has 3 N–H and O–H groups in total. The normalized spacial score (nSPS) is 14.3. The van der Waals surface area contributed by atoms with Crippen molar-refractivity contribution in [1.29, 1.82) is 0 Å². The van der Waals surface area contributed by atoms with Gasteiger partial charge in [-0.3, -0.25) is 4.79 Å². The zero-order valence-corrected chi connectivity index (χ0v) is 18.6. The summed E-state index contributed by atoms with van der Waals surface area (Å²) >= 11 is 6.01. The molecule has 3 aromatic heterocycles. The number of imidazole rings is 1. The molecule has 0 spiro atoms. The maximum atomic E-state index is 14.4. The molecule has 4 heterocycles. The third-order valence-corrected chi connectivity index (χ3v) is 6.17. The zero-order valence-electron chi connectivity index (χ0n) is 17.8. The average Bonchev–Trinajstić information content (AvgIpc) is 3.45. The number of halogens is 2. The van der Waals surface area contributed by atoms with Crippen LogP contribution < -0.4 is 10.6 Å². The van der Waals surface area contributed by atoms with Gasteiger partial charge >= 0.3 is 0 Å². The number of carbonyl (C=O) groups is 1. The van der Waals surface area contributed by atoms with Gasteiger partial charge in [-0.05, 0) is 24.6 Å². The Labute approximate surface area is 193 Å². The number of nitrogen functional groups attached to an aromatic ring is 1. The number of hydrogen-bond acceptors (Lipinski definition) is 7. The van der Waals surface area contributed by atoms with E-state index in [1.54, 1.807) is 23.4 Å². The Bertz CT molecular complexity index is 1330. The van der Waals surface area contributed by atoms with E-state index in [9.17, 15) is 9.18 Å². The Hall–Kier alpha value is -3.73. The van der Waals surface area contributed by atoms with Crippen LogP contribution in [0.5, 0.6) is 0 Å². The fraction of sp³-hybridized carbons (Fsp3) is 0.286. The Balaban J connectivity index is 1.33.